The first kappa shape index (κ1) is 40.2. The lowest BCUT2D eigenvalue weighted by molar-refractivity contribution is -0.139. The van der Waals surface area contributed by atoms with Gasteiger partial charge < -0.3 is 35.1 Å². The molecule has 3 N–H and O–H groups in total. The Hall–Kier alpha value is -4.99. The molecular formula is C41H45ClF3N7O5. The monoisotopic (exact) mass is 807 g/mol. The van der Waals surface area contributed by atoms with E-state index in [1.165, 1.54) is 14.0 Å². The molecule has 57 heavy (non-hydrogen) atoms. The molecule has 0 spiro atoms. The van der Waals surface area contributed by atoms with Crippen LogP contribution < -0.4 is 30.2 Å². The molecule has 2 atom stereocenters. The van der Waals surface area contributed by atoms with E-state index in [-0.39, 0.29) is 41.9 Å². The second kappa shape index (κ2) is 17.2. The van der Waals surface area contributed by atoms with Crippen molar-refractivity contribution in [1.82, 2.24) is 35.8 Å². The van der Waals surface area contributed by atoms with Crippen LogP contribution in [0.3, 0.4) is 0 Å². The number of likely N-dealkylation sites (tertiary alicyclic amines) is 1. The average molecular weight is 808 g/mol. The minimum atomic E-state index is -4.74. The Kier molecular flexibility index (Phi) is 12.2. The Balaban J connectivity index is 1.09. The van der Waals surface area contributed by atoms with Crippen LogP contribution in [0.4, 0.5) is 13.2 Å². The fraction of sp³-hybridized carbons (Fsp3) is 0.439. The summed E-state index contributed by atoms with van der Waals surface area (Å²) in [5.41, 5.74) is 4.19. The summed E-state index contributed by atoms with van der Waals surface area (Å²) in [4.78, 5) is 38.7. The van der Waals surface area contributed by atoms with Crippen molar-refractivity contribution in [2.45, 2.75) is 82.9 Å². The molecule has 3 aromatic heterocycles. The molecule has 0 unspecified atom stereocenters. The molecule has 16 heteroatoms. The van der Waals surface area contributed by atoms with Gasteiger partial charge in [-0.25, -0.2) is 4.98 Å². The molecule has 3 aliphatic rings. The number of carbonyl (C=O) groups excluding carboxylic acids is 2. The third-order valence-electron chi connectivity index (χ3n) is 10.9. The van der Waals surface area contributed by atoms with Gasteiger partial charge in [-0.1, -0.05) is 35.9 Å². The fourth-order valence-corrected chi connectivity index (χ4v) is 8.15. The van der Waals surface area contributed by atoms with E-state index in [1.54, 1.807) is 24.3 Å². The molecule has 7 rings (SSSR count). The SMILES string of the molecule is COc1nc(-c2ccnc(-c3cccc4c3CC[C@H]4Oc3nc(OC)c(CNC4CCN(C(C)=O)CC4)cc3C(F)(F)F)c2Cl)ccc1CNC[C@H]1CCC(=O)N1. The van der Waals surface area contributed by atoms with Gasteiger partial charge in [-0.2, -0.15) is 18.2 Å². The number of nitrogens with one attached hydrogen (secondary N) is 3. The Morgan fingerprint density at radius 3 is 2.42 bits per heavy atom. The highest BCUT2D eigenvalue weighted by molar-refractivity contribution is 6.35. The molecule has 1 aliphatic carbocycles. The zero-order valence-electron chi connectivity index (χ0n) is 32.0. The van der Waals surface area contributed by atoms with Gasteiger partial charge in [0.1, 0.15) is 11.7 Å². The van der Waals surface area contributed by atoms with Gasteiger partial charge >= 0.3 is 6.18 Å². The standard InChI is InChI=1S/C41H45ClF3N7O5/c1-23(53)52-17-14-26(15-18-52)48-21-25-19-32(41(43,44)45)40(51-39(25)56-3)57-34-11-9-28-29(34)5-4-6-30(28)37-36(42)31(13-16-47-37)33-10-7-24(38(50-33)55-2)20-46-22-27-8-12-35(54)49-27/h4-7,10,13,16,19,26-27,34,46,48H,8-9,11-12,14-15,17-18,20-22H2,1-3H3,(H,49,54)/t27-,34-/m1/s1. The molecule has 2 fully saturated rings. The van der Waals surface area contributed by atoms with Gasteiger partial charge in [-0.05, 0) is 61.4 Å². The maximum absolute atomic E-state index is 14.6. The number of fused-ring (bicyclic) bond motifs is 1. The zero-order chi connectivity index (χ0) is 40.3. The van der Waals surface area contributed by atoms with Crippen LogP contribution in [0.5, 0.6) is 17.6 Å². The Morgan fingerprint density at radius 2 is 1.72 bits per heavy atom. The van der Waals surface area contributed by atoms with E-state index < -0.39 is 23.7 Å². The summed E-state index contributed by atoms with van der Waals surface area (Å²) in [5, 5.41) is 9.99. The number of benzene rings is 1. The van der Waals surface area contributed by atoms with Crippen molar-refractivity contribution in [3.8, 4) is 40.2 Å². The number of hydrogen-bond acceptors (Lipinski definition) is 10. The third kappa shape index (κ3) is 8.95. The summed E-state index contributed by atoms with van der Waals surface area (Å²) in [5.74, 6) is 0.000169. The van der Waals surface area contributed by atoms with Crippen LogP contribution >= 0.6 is 11.6 Å². The van der Waals surface area contributed by atoms with Gasteiger partial charge in [-0.15, -0.1) is 0 Å². The van der Waals surface area contributed by atoms with E-state index >= 15 is 0 Å². The molecule has 2 saturated heterocycles. The van der Waals surface area contributed by atoms with Gasteiger partial charge in [0, 0.05) is 86.6 Å². The predicted molar refractivity (Wildman–Crippen MR) is 207 cm³/mol. The van der Waals surface area contributed by atoms with E-state index in [0.717, 1.165) is 34.7 Å². The molecular weight excluding hydrogens is 763 g/mol. The summed E-state index contributed by atoms with van der Waals surface area (Å²) in [6.07, 6.45) is -0.161. The van der Waals surface area contributed by atoms with Crippen molar-refractivity contribution in [2.24, 2.45) is 0 Å². The summed E-state index contributed by atoms with van der Waals surface area (Å²) in [6, 6.07) is 12.3. The molecule has 0 saturated carbocycles. The topological polar surface area (TPSA) is 140 Å². The maximum Gasteiger partial charge on any atom is 0.421 e. The lowest BCUT2D eigenvalue weighted by atomic mass is 9.98. The Labute approximate surface area is 333 Å². The zero-order valence-corrected chi connectivity index (χ0v) is 32.7. The van der Waals surface area contributed by atoms with Gasteiger partial charge in [0.15, 0.2) is 0 Å². The molecule has 5 heterocycles. The second-order valence-corrected chi connectivity index (χ2v) is 14.9. The van der Waals surface area contributed by atoms with E-state index in [1.807, 2.05) is 30.3 Å². The van der Waals surface area contributed by atoms with Crippen LogP contribution in [0.25, 0.3) is 22.5 Å². The molecule has 2 amide bonds. The van der Waals surface area contributed by atoms with Gasteiger partial charge in [-0.3, -0.25) is 14.6 Å². The molecule has 1 aromatic carbocycles. The largest absolute Gasteiger partial charge is 0.481 e. The number of aromatic nitrogens is 3. The molecule has 302 valence electrons. The number of amides is 2. The summed E-state index contributed by atoms with van der Waals surface area (Å²) < 4.78 is 61.0. The normalized spacial score (nSPS) is 18.4. The smallest absolute Gasteiger partial charge is 0.421 e. The first-order valence-electron chi connectivity index (χ1n) is 19.0. The van der Waals surface area contributed by atoms with Crippen LogP contribution in [-0.4, -0.2) is 77.6 Å². The number of rotatable bonds is 13. The van der Waals surface area contributed by atoms with E-state index in [4.69, 9.17) is 30.8 Å². The summed E-state index contributed by atoms with van der Waals surface area (Å²) >= 11 is 7.07. The molecule has 0 radical (unpaired) electrons. The number of carbonyl (C=O) groups is 2. The number of hydrogen-bond donors (Lipinski definition) is 3. The molecule has 0 bridgehead atoms. The minimum absolute atomic E-state index is 0.00991. The van der Waals surface area contributed by atoms with Crippen molar-refractivity contribution in [3.05, 3.63) is 81.5 Å². The quantitative estimate of drug-likeness (QED) is 0.139. The third-order valence-corrected chi connectivity index (χ3v) is 11.2. The number of methoxy groups -OCH3 is 2. The number of pyridine rings is 3. The number of ether oxygens (including phenoxy) is 3. The van der Waals surface area contributed by atoms with E-state index in [2.05, 4.69) is 25.9 Å². The van der Waals surface area contributed by atoms with Crippen LogP contribution in [0.1, 0.15) is 72.9 Å². The first-order valence-corrected chi connectivity index (χ1v) is 19.4. The van der Waals surface area contributed by atoms with E-state index in [0.29, 0.717) is 86.1 Å². The highest BCUT2D eigenvalue weighted by Crippen LogP contribution is 2.45. The fourth-order valence-electron chi connectivity index (χ4n) is 7.84. The lowest BCUT2D eigenvalue weighted by Crippen LogP contribution is -2.44. The van der Waals surface area contributed by atoms with Crippen molar-refractivity contribution in [3.63, 3.8) is 0 Å². The summed E-state index contributed by atoms with van der Waals surface area (Å²) in [6.45, 7) is 3.94. The highest BCUT2D eigenvalue weighted by Gasteiger charge is 2.39. The second-order valence-electron chi connectivity index (χ2n) is 14.5. The lowest BCUT2D eigenvalue weighted by Gasteiger charge is -2.32. The summed E-state index contributed by atoms with van der Waals surface area (Å²) in [7, 11) is 2.92. The first-order chi connectivity index (χ1) is 27.4. The van der Waals surface area contributed by atoms with Gasteiger partial charge in [0.25, 0.3) is 0 Å². The Morgan fingerprint density at radius 1 is 0.947 bits per heavy atom. The van der Waals surface area contributed by atoms with Gasteiger partial charge in [0.05, 0.1) is 30.6 Å². The number of piperidine rings is 1. The maximum atomic E-state index is 14.6. The Bertz CT molecular complexity index is 2130. The van der Waals surface area contributed by atoms with Crippen molar-refractivity contribution >= 4 is 23.4 Å². The number of alkyl halides is 3. The van der Waals surface area contributed by atoms with Gasteiger partial charge in [0.2, 0.25) is 29.5 Å². The number of halogens is 4. The predicted octanol–water partition coefficient (Wildman–Crippen LogP) is 6.43. The van der Waals surface area contributed by atoms with Crippen LogP contribution in [0, 0.1) is 0 Å². The van der Waals surface area contributed by atoms with Crippen LogP contribution in [0.2, 0.25) is 5.02 Å². The van der Waals surface area contributed by atoms with Crippen LogP contribution in [0.15, 0.2) is 48.7 Å². The van der Waals surface area contributed by atoms with E-state index in [9.17, 15) is 22.8 Å². The van der Waals surface area contributed by atoms with Crippen LogP contribution in [-0.2, 0) is 35.3 Å². The minimum Gasteiger partial charge on any atom is -0.481 e. The molecule has 12 nitrogen and oxygen atoms in total. The highest BCUT2D eigenvalue weighted by atomic mass is 35.5. The van der Waals surface area contributed by atoms with Crippen molar-refractivity contribution in [1.29, 1.82) is 0 Å². The van der Waals surface area contributed by atoms with Crippen molar-refractivity contribution in [2.75, 3.05) is 33.9 Å². The molecule has 4 aromatic rings. The molecule has 2 aliphatic heterocycles. The number of nitrogens with zero attached hydrogens (tertiary/aromatic N) is 4. The van der Waals surface area contributed by atoms with Crippen molar-refractivity contribution < 1.29 is 37.0 Å². The average Bonchev–Trinajstić information content (AvgIpc) is 3.82.